The first-order valence-electron chi connectivity index (χ1n) is 13.3. The smallest absolute Gasteiger partial charge is 0.326 e. The molecule has 1 aliphatic heterocycles. The minimum atomic E-state index is -1.09. The summed E-state index contributed by atoms with van der Waals surface area (Å²) < 4.78 is 0. The van der Waals surface area contributed by atoms with Gasteiger partial charge >= 0.3 is 5.97 Å². The number of carbonyl (C=O) groups is 5. The van der Waals surface area contributed by atoms with E-state index >= 15 is 0 Å². The number of H-pyrrole nitrogens is 1. The van der Waals surface area contributed by atoms with Crippen LogP contribution in [0.2, 0.25) is 0 Å². The van der Waals surface area contributed by atoms with Gasteiger partial charge in [0.05, 0.1) is 6.04 Å². The number of para-hydroxylation sites is 1. The van der Waals surface area contributed by atoms with E-state index < -0.39 is 53.8 Å². The second kappa shape index (κ2) is 13.2. The van der Waals surface area contributed by atoms with Crippen molar-refractivity contribution in [2.24, 2.45) is 17.4 Å². The van der Waals surface area contributed by atoms with E-state index in [1.54, 1.807) is 13.1 Å². The summed E-state index contributed by atoms with van der Waals surface area (Å²) >= 11 is 0. The van der Waals surface area contributed by atoms with E-state index in [9.17, 15) is 29.1 Å². The molecule has 3 rings (SSSR count). The molecule has 1 saturated heterocycles. The largest absolute Gasteiger partial charge is 0.480 e. The molecule has 2 aromatic rings. The Bertz CT molecular complexity index is 1210. The van der Waals surface area contributed by atoms with Crippen molar-refractivity contribution in [3.05, 3.63) is 36.0 Å². The molecule has 5 unspecified atom stereocenters. The molecular weight excluding hydrogens is 504 g/mol. The number of likely N-dealkylation sites (tertiary alicyclic amines) is 1. The number of nitrogens with one attached hydrogen (secondary N) is 3. The van der Waals surface area contributed by atoms with Crippen LogP contribution in [0.15, 0.2) is 30.5 Å². The number of primary amides is 1. The van der Waals surface area contributed by atoms with Gasteiger partial charge in [0.15, 0.2) is 0 Å². The van der Waals surface area contributed by atoms with Crippen molar-refractivity contribution in [3.63, 3.8) is 0 Å². The third kappa shape index (κ3) is 7.34. The van der Waals surface area contributed by atoms with Gasteiger partial charge in [-0.25, -0.2) is 4.79 Å². The Balaban J connectivity index is 1.85. The van der Waals surface area contributed by atoms with Crippen LogP contribution in [-0.2, 0) is 30.4 Å². The Morgan fingerprint density at radius 1 is 1.15 bits per heavy atom. The third-order valence-electron chi connectivity index (χ3n) is 7.37. The fourth-order valence-corrected chi connectivity index (χ4v) is 4.86. The molecule has 12 heteroatoms. The Morgan fingerprint density at radius 2 is 1.87 bits per heavy atom. The lowest BCUT2D eigenvalue weighted by Gasteiger charge is -2.30. The summed E-state index contributed by atoms with van der Waals surface area (Å²) in [6.07, 6.45) is 3.27. The average Bonchev–Trinajstić information content (AvgIpc) is 3.56. The predicted molar refractivity (Wildman–Crippen MR) is 144 cm³/mol. The summed E-state index contributed by atoms with van der Waals surface area (Å²) in [4.78, 5) is 67.3. The number of benzene rings is 1. The van der Waals surface area contributed by atoms with Gasteiger partial charge in [-0.15, -0.1) is 0 Å². The fourth-order valence-electron chi connectivity index (χ4n) is 4.86. The first kappa shape index (κ1) is 29.6. The Kier molecular flexibility index (Phi) is 10.0. The molecule has 0 spiro atoms. The lowest BCUT2D eigenvalue weighted by atomic mass is 9.96. The topological polar surface area (TPSA) is 201 Å². The minimum Gasteiger partial charge on any atom is -0.480 e. The second-order valence-electron chi connectivity index (χ2n) is 10.1. The molecule has 39 heavy (non-hydrogen) atoms. The maximum atomic E-state index is 13.7. The molecule has 0 aliphatic carbocycles. The van der Waals surface area contributed by atoms with Gasteiger partial charge < -0.3 is 37.1 Å². The first-order valence-corrected chi connectivity index (χ1v) is 13.3. The van der Waals surface area contributed by atoms with Gasteiger partial charge in [-0.2, -0.15) is 0 Å². The first-order chi connectivity index (χ1) is 18.5. The summed E-state index contributed by atoms with van der Waals surface area (Å²) in [7, 11) is 0. The Morgan fingerprint density at radius 3 is 2.54 bits per heavy atom. The number of hydrogen-bond acceptors (Lipinski definition) is 6. The second-order valence-corrected chi connectivity index (χ2v) is 10.1. The van der Waals surface area contributed by atoms with Crippen LogP contribution in [0.5, 0.6) is 0 Å². The molecule has 12 nitrogen and oxygen atoms in total. The predicted octanol–water partition coefficient (Wildman–Crippen LogP) is 0.395. The number of nitrogens with zero attached hydrogens (tertiary/aromatic N) is 1. The lowest BCUT2D eigenvalue weighted by Crippen LogP contribution is -2.59. The van der Waals surface area contributed by atoms with E-state index in [0.717, 1.165) is 16.5 Å². The summed E-state index contributed by atoms with van der Waals surface area (Å²) in [5.41, 5.74) is 12.7. The SMILES string of the molecule is CCC(C)C(NC(=O)C(N)CCC(N)=O)C(=O)NC(Cc1c[nH]c2ccccc12)C(=O)N1CCCC1C(=O)O. The molecule has 5 atom stereocenters. The number of aromatic amines is 1. The molecule has 2 heterocycles. The summed E-state index contributed by atoms with van der Waals surface area (Å²) in [6, 6.07) is 3.46. The number of rotatable bonds is 13. The molecule has 0 radical (unpaired) electrons. The van der Waals surface area contributed by atoms with Crippen LogP contribution in [0.4, 0.5) is 0 Å². The van der Waals surface area contributed by atoms with Gasteiger partial charge in [-0.3, -0.25) is 19.2 Å². The van der Waals surface area contributed by atoms with E-state index in [2.05, 4.69) is 15.6 Å². The van der Waals surface area contributed by atoms with Crippen molar-refractivity contribution in [2.75, 3.05) is 6.54 Å². The third-order valence-corrected chi connectivity index (χ3v) is 7.37. The van der Waals surface area contributed by atoms with Crippen molar-refractivity contribution in [1.82, 2.24) is 20.5 Å². The van der Waals surface area contributed by atoms with Gasteiger partial charge in [0.2, 0.25) is 23.6 Å². The fraction of sp³-hybridized carbons (Fsp3) is 0.519. The number of aliphatic carboxylic acids is 1. The Labute approximate surface area is 226 Å². The highest BCUT2D eigenvalue weighted by Gasteiger charge is 2.39. The summed E-state index contributed by atoms with van der Waals surface area (Å²) in [5, 5.41) is 16.0. The molecule has 1 aromatic carbocycles. The highest BCUT2D eigenvalue weighted by Crippen LogP contribution is 2.23. The van der Waals surface area contributed by atoms with Gasteiger partial charge in [0.25, 0.3) is 0 Å². The van der Waals surface area contributed by atoms with Crippen LogP contribution < -0.4 is 22.1 Å². The standard InChI is InChI=1S/C27H38N6O6/c1-3-15(2)23(32-24(35)18(28)10-11-22(29)34)25(36)31-20(26(37)33-12-6-9-21(33)27(38)39)13-16-14-30-19-8-5-4-7-17(16)19/h4-5,7-8,14-15,18,20-21,23,30H,3,6,9-13,28H2,1-2H3,(H2,29,34)(H,31,36)(H,32,35)(H,38,39). The van der Waals surface area contributed by atoms with E-state index in [1.165, 1.54) is 4.90 Å². The number of aromatic nitrogens is 1. The van der Waals surface area contributed by atoms with Crippen molar-refractivity contribution >= 4 is 40.5 Å². The van der Waals surface area contributed by atoms with E-state index in [-0.39, 0.29) is 31.7 Å². The summed E-state index contributed by atoms with van der Waals surface area (Å²) in [6.45, 7) is 3.92. The number of nitrogens with two attached hydrogens (primary N) is 2. The highest BCUT2D eigenvalue weighted by atomic mass is 16.4. The number of carboxylic acid groups (broad SMARTS) is 1. The number of carboxylic acids is 1. The Hall–Kier alpha value is -3.93. The number of fused-ring (bicyclic) bond motifs is 1. The van der Waals surface area contributed by atoms with Crippen LogP contribution in [0.1, 0.15) is 51.5 Å². The van der Waals surface area contributed by atoms with Gasteiger partial charge in [0, 0.05) is 36.5 Å². The van der Waals surface area contributed by atoms with Crippen molar-refractivity contribution < 1.29 is 29.1 Å². The molecular formula is C27H38N6O6. The highest BCUT2D eigenvalue weighted by molar-refractivity contribution is 5.95. The number of amides is 4. The average molecular weight is 543 g/mol. The zero-order valence-corrected chi connectivity index (χ0v) is 22.3. The van der Waals surface area contributed by atoms with Gasteiger partial charge in [-0.05, 0) is 36.8 Å². The van der Waals surface area contributed by atoms with E-state index in [1.807, 2.05) is 31.2 Å². The van der Waals surface area contributed by atoms with Crippen LogP contribution in [0, 0.1) is 5.92 Å². The molecule has 4 amide bonds. The maximum Gasteiger partial charge on any atom is 0.326 e. The van der Waals surface area contributed by atoms with Crippen LogP contribution >= 0.6 is 0 Å². The number of carbonyl (C=O) groups excluding carboxylic acids is 4. The van der Waals surface area contributed by atoms with E-state index in [0.29, 0.717) is 19.3 Å². The molecule has 212 valence electrons. The van der Waals surface area contributed by atoms with Gasteiger partial charge in [0.1, 0.15) is 18.1 Å². The quantitative estimate of drug-likeness (QED) is 0.210. The summed E-state index contributed by atoms with van der Waals surface area (Å²) in [5.74, 6) is -3.67. The normalized spacial score (nSPS) is 18.2. The molecule has 0 bridgehead atoms. The van der Waals surface area contributed by atoms with Crippen LogP contribution in [0.25, 0.3) is 10.9 Å². The lowest BCUT2D eigenvalue weighted by molar-refractivity contribution is -0.149. The van der Waals surface area contributed by atoms with Crippen LogP contribution in [-0.4, -0.2) is 75.3 Å². The van der Waals surface area contributed by atoms with Gasteiger partial charge in [-0.1, -0.05) is 38.5 Å². The van der Waals surface area contributed by atoms with Crippen molar-refractivity contribution in [3.8, 4) is 0 Å². The van der Waals surface area contributed by atoms with Crippen LogP contribution in [0.3, 0.4) is 0 Å². The van der Waals surface area contributed by atoms with E-state index in [4.69, 9.17) is 11.5 Å². The molecule has 8 N–H and O–H groups in total. The molecule has 1 aromatic heterocycles. The molecule has 1 aliphatic rings. The molecule has 0 saturated carbocycles. The zero-order valence-electron chi connectivity index (χ0n) is 22.3. The minimum absolute atomic E-state index is 0.0310. The van der Waals surface area contributed by atoms with Crippen molar-refractivity contribution in [1.29, 1.82) is 0 Å². The zero-order chi connectivity index (χ0) is 28.7. The van der Waals surface area contributed by atoms with Crippen molar-refractivity contribution in [2.45, 2.75) is 76.5 Å². The molecule has 1 fully saturated rings. The maximum absolute atomic E-state index is 13.7. The monoisotopic (exact) mass is 542 g/mol. The number of hydrogen-bond donors (Lipinski definition) is 6.